The van der Waals surface area contributed by atoms with Gasteiger partial charge in [-0.1, -0.05) is 18.2 Å². The fourth-order valence-corrected chi connectivity index (χ4v) is 2.31. The molecule has 0 spiro atoms. The number of nitrogens with one attached hydrogen (secondary N) is 1. The average Bonchev–Trinajstić information content (AvgIpc) is 2.97. The molecule has 0 bridgehead atoms. The molecule has 1 atom stereocenters. The van der Waals surface area contributed by atoms with Crippen molar-refractivity contribution in [2.75, 3.05) is 26.4 Å². The van der Waals surface area contributed by atoms with E-state index in [4.69, 9.17) is 9.47 Å². The number of benzene rings is 1. The number of ether oxygens (including phenoxy) is 2. The molecule has 0 unspecified atom stereocenters. The van der Waals surface area contributed by atoms with E-state index in [9.17, 15) is 0 Å². The van der Waals surface area contributed by atoms with Crippen LogP contribution < -0.4 is 10.1 Å². The molecule has 0 saturated carbocycles. The first kappa shape index (κ1) is 12.4. The molecule has 2 heterocycles. The lowest BCUT2D eigenvalue weighted by molar-refractivity contribution is 0.188. The molecule has 0 aliphatic carbocycles. The number of fused-ring (bicyclic) bond motifs is 1. The minimum absolute atomic E-state index is 0.481. The molecule has 2 aromatic rings. The predicted octanol–water partition coefficient (Wildman–Crippen LogP) is 1.99. The van der Waals surface area contributed by atoms with Crippen LogP contribution in [0.1, 0.15) is 6.42 Å². The van der Waals surface area contributed by atoms with Crippen LogP contribution in [0.2, 0.25) is 0 Å². The van der Waals surface area contributed by atoms with Crippen molar-refractivity contribution in [1.82, 2.24) is 10.3 Å². The molecular weight excluding hydrogens is 240 g/mol. The second-order valence-corrected chi connectivity index (χ2v) is 4.69. The molecule has 1 saturated heterocycles. The molecule has 1 aliphatic heterocycles. The van der Waals surface area contributed by atoms with Crippen molar-refractivity contribution < 1.29 is 9.47 Å². The topological polar surface area (TPSA) is 43.4 Å². The number of hydrogen-bond acceptors (Lipinski definition) is 4. The lowest BCUT2D eigenvalue weighted by Crippen LogP contribution is -2.32. The van der Waals surface area contributed by atoms with Gasteiger partial charge in [0.2, 0.25) is 0 Å². The fraction of sp³-hybridized carbons (Fsp3) is 0.400. The highest BCUT2D eigenvalue weighted by atomic mass is 16.5. The molecule has 100 valence electrons. The summed E-state index contributed by atoms with van der Waals surface area (Å²) in [5.41, 5.74) is 0.925. The third-order valence-corrected chi connectivity index (χ3v) is 3.32. The molecule has 1 aromatic heterocycles. The zero-order valence-electron chi connectivity index (χ0n) is 10.8. The van der Waals surface area contributed by atoms with Crippen LogP contribution >= 0.6 is 0 Å². The van der Waals surface area contributed by atoms with Gasteiger partial charge in [-0.2, -0.15) is 0 Å². The van der Waals surface area contributed by atoms with Crippen molar-refractivity contribution in [1.29, 1.82) is 0 Å². The summed E-state index contributed by atoms with van der Waals surface area (Å²) in [7, 11) is 0. The van der Waals surface area contributed by atoms with Crippen LogP contribution in [0.5, 0.6) is 5.75 Å². The summed E-state index contributed by atoms with van der Waals surface area (Å²) < 4.78 is 11.1. The highest BCUT2D eigenvalue weighted by Crippen LogP contribution is 2.22. The minimum atomic E-state index is 0.481. The number of nitrogens with zero attached hydrogens (tertiary/aromatic N) is 1. The highest BCUT2D eigenvalue weighted by Gasteiger charge is 2.14. The third kappa shape index (κ3) is 3.03. The SMILES string of the molecule is c1cnc2c(OCCN[C@@H]3CCOC3)cccc2c1. The highest BCUT2D eigenvalue weighted by molar-refractivity contribution is 5.84. The first-order valence-corrected chi connectivity index (χ1v) is 6.71. The predicted molar refractivity (Wildman–Crippen MR) is 74.5 cm³/mol. The second kappa shape index (κ2) is 5.99. The van der Waals surface area contributed by atoms with E-state index in [-0.39, 0.29) is 0 Å². The Morgan fingerprint density at radius 1 is 1.32 bits per heavy atom. The van der Waals surface area contributed by atoms with Crippen LogP contribution in [0.4, 0.5) is 0 Å². The van der Waals surface area contributed by atoms with Gasteiger partial charge in [-0.25, -0.2) is 0 Å². The Kier molecular flexibility index (Phi) is 3.91. The number of para-hydroxylation sites is 1. The van der Waals surface area contributed by atoms with Gasteiger partial charge in [0, 0.05) is 30.8 Å². The Morgan fingerprint density at radius 3 is 3.16 bits per heavy atom. The Morgan fingerprint density at radius 2 is 2.26 bits per heavy atom. The van der Waals surface area contributed by atoms with Gasteiger partial charge in [0.05, 0.1) is 6.61 Å². The van der Waals surface area contributed by atoms with Crippen molar-refractivity contribution in [2.24, 2.45) is 0 Å². The summed E-state index contributed by atoms with van der Waals surface area (Å²) in [5.74, 6) is 0.850. The van der Waals surface area contributed by atoms with Crippen LogP contribution in [0.25, 0.3) is 10.9 Å². The Labute approximate surface area is 112 Å². The first-order valence-electron chi connectivity index (χ1n) is 6.71. The molecule has 0 radical (unpaired) electrons. The smallest absolute Gasteiger partial charge is 0.145 e. The van der Waals surface area contributed by atoms with E-state index in [2.05, 4.69) is 10.3 Å². The maximum Gasteiger partial charge on any atom is 0.145 e. The van der Waals surface area contributed by atoms with Crippen molar-refractivity contribution in [3.8, 4) is 5.75 Å². The normalized spacial score (nSPS) is 18.8. The molecule has 19 heavy (non-hydrogen) atoms. The molecule has 1 aliphatic rings. The van der Waals surface area contributed by atoms with Gasteiger partial charge in [0.25, 0.3) is 0 Å². The average molecular weight is 258 g/mol. The molecule has 1 fully saturated rings. The monoisotopic (exact) mass is 258 g/mol. The zero-order valence-corrected chi connectivity index (χ0v) is 10.8. The summed E-state index contributed by atoms with van der Waals surface area (Å²) in [6, 6.07) is 10.5. The van der Waals surface area contributed by atoms with Gasteiger partial charge in [0.1, 0.15) is 17.9 Å². The Bertz CT molecular complexity index is 533. The van der Waals surface area contributed by atoms with Crippen LogP contribution in [0, 0.1) is 0 Å². The van der Waals surface area contributed by atoms with Gasteiger partial charge in [-0.3, -0.25) is 4.98 Å². The standard InChI is InChI=1S/C15H18N2O2/c1-3-12-4-2-7-17-15(12)14(5-1)19-10-8-16-13-6-9-18-11-13/h1-5,7,13,16H,6,8-11H2/t13-/m1/s1. The van der Waals surface area contributed by atoms with Crippen LogP contribution in [-0.2, 0) is 4.74 Å². The minimum Gasteiger partial charge on any atom is -0.490 e. The molecule has 4 nitrogen and oxygen atoms in total. The van der Waals surface area contributed by atoms with Crippen LogP contribution in [0.15, 0.2) is 36.5 Å². The lowest BCUT2D eigenvalue weighted by atomic mass is 10.2. The summed E-state index contributed by atoms with van der Waals surface area (Å²) in [6.07, 6.45) is 2.89. The van der Waals surface area contributed by atoms with Crippen molar-refractivity contribution >= 4 is 10.9 Å². The van der Waals surface area contributed by atoms with Gasteiger partial charge in [-0.05, 0) is 18.6 Å². The van der Waals surface area contributed by atoms with Crippen molar-refractivity contribution in [3.63, 3.8) is 0 Å². The third-order valence-electron chi connectivity index (χ3n) is 3.32. The quantitative estimate of drug-likeness (QED) is 0.833. The van der Waals surface area contributed by atoms with E-state index >= 15 is 0 Å². The molecule has 1 aromatic carbocycles. The van der Waals surface area contributed by atoms with Gasteiger partial charge in [0.15, 0.2) is 0 Å². The van der Waals surface area contributed by atoms with E-state index < -0.39 is 0 Å². The van der Waals surface area contributed by atoms with E-state index in [1.165, 1.54) is 0 Å². The van der Waals surface area contributed by atoms with E-state index in [1.54, 1.807) is 6.20 Å². The molecular formula is C15H18N2O2. The summed E-state index contributed by atoms with van der Waals surface area (Å²) >= 11 is 0. The van der Waals surface area contributed by atoms with E-state index in [0.29, 0.717) is 12.6 Å². The van der Waals surface area contributed by atoms with E-state index in [0.717, 1.165) is 42.8 Å². The summed E-state index contributed by atoms with van der Waals surface area (Å²) in [5, 5.41) is 4.54. The number of rotatable bonds is 5. The molecule has 4 heteroatoms. The van der Waals surface area contributed by atoms with Crippen molar-refractivity contribution in [3.05, 3.63) is 36.5 Å². The van der Waals surface area contributed by atoms with Crippen molar-refractivity contribution in [2.45, 2.75) is 12.5 Å². The first-order chi connectivity index (χ1) is 9.43. The number of hydrogen-bond donors (Lipinski definition) is 1. The van der Waals surface area contributed by atoms with Gasteiger partial charge >= 0.3 is 0 Å². The Hall–Kier alpha value is -1.65. The van der Waals surface area contributed by atoms with Gasteiger partial charge in [-0.15, -0.1) is 0 Å². The van der Waals surface area contributed by atoms with Crippen LogP contribution in [-0.4, -0.2) is 37.4 Å². The molecule has 3 rings (SSSR count). The fourth-order valence-electron chi connectivity index (χ4n) is 2.31. The van der Waals surface area contributed by atoms with E-state index in [1.807, 2.05) is 30.3 Å². The second-order valence-electron chi connectivity index (χ2n) is 4.69. The molecule has 1 N–H and O–H groups in total. The van der Waals surface area contributed by atoms with Crippen LogP contribution in [0.3, 0.4) is 0 Å². The summed E-state index contributed by atoms with van der Waals surface area (Å²) in [4.78, 5) is 4.37. The molecule has 0 amide bonds. The Balaban J connectivity index is 1.56. The number of pyridine rings is 1. The maximum atomic E-state index is 5.81. The lowest BCUT2D eigenvalue weighted by Gasteiger charge is -2.12. The summed E-state index contributed by atoms with van der Waals surface area (Å²) in [6.45, 7) is 3.16. The van der Waals surface area contributed by atoms with Gasteiger partial charge < -0.3 is 14.8 Å². The maximum absolute atomic E-state index is 5.81. The largest absolute Gasteiger partial charge is 0.490 e. The zero-order chi connectivity index (χ0) is 12.9. The number of aromatic nitrogens is 1.